The average molecular weight is 671 g/mol. The lowest BCUT2D eigenvalue weighted by Crippen LogP contribution is -2.46. The number of amides is 2. The number of hydrogen-bond acceptors (Lipinski definition) is 7. The Morgan fingerprint density at radius 3 is 2.47 bits per heavy atom. The molecule has 0 radical (unpaired) electrons. The fourth-order valence-electron chi connectivity index (χ4n) is 4.54. The first kappa shape index (κ1) is 32.6. The minimum Gasteiger partial charge on any atom is -0.495 e. The predicted octanol–water partition coefficient (Wildman–Crippen LogP) is 6.37. The third-order valence-electron chi connectivity index (χ3n) is 6.59. The molecule has 3 heterocycles. The van der Waals surface area contributed by atoms with Gasteiger partial charge in [0.25, 0.3) is 5.56 Å². The summed E-state index contributed by atoms with van der Waals surface area (Å²) < 4.78 is 32.0. The van der Waals surface area contributed by atoms with Crippen LogP contribution in [-0.4, -0.2) is 49.4 Å². The van der Waals surface area contributed by atoms with Gasteiger partial charge in [-0.15, -0.1) is 0 Å². The summed E-state index contributed by atoms with van der Waals surface area (Å²) in [7, 11) is 3.76. The van der Waals surface area contributed by atoms with Crippen LogP contribution in [0.2, 0.25) is 10.0 Å². The molecule has 2 N–H and O–H groups in total. The standard InChI is InChI=1S/C14H5Cl3F2N2O2S.C14H19N3O2/c15-8-2-1-6(4-20)11(16)12(8)24-9-3-10(14(17,18)19)21-13(23)7(9)5-22;1-16-8-10-6-12(13(19-2)7-11(10)9-16)17-5-3-4-15-14(17)18/h1-3,5H,(H,21,23);6-7H,3-5,8-9H2,1-2H3,(H,15,18). The number of urea groups is 1. The van der Waals surface area contributed by atoms with Gasteiger partial charge in [0.05, 0.1) is 38.9 Å². The number of H-pyrrole nitrogens is 1. The summed E-state index contributed by atoms with van der Waals surface area (Å²) in [4.78, 5) is 40.8. The second-order valence-corrected chi connectivity index (χ2v) is 11.9. The van der Waals surface area contributed by atoms with Crippen LogP contribution >= 0.6 is 46.6 Å². The molecular formula is C28H24Cl3F2N5O4S. The highest BCUT2D eigenvalue weighted by molar-refractivity contribution is 7.99. The maximum atomic E-state index is 13.3. The number of ether oxygens (including phenoxy) is 1. The Morgan fingerprint density at radius 2 is 1.86 bits per heavy atom. The molecule has 2 aliphatic heterocycles. The monoisotopic (exact) mass is 669 g/mol. The van der Waals surface area contributed by atoms with E-state index in [2.05, 4.69) is 29.4 Å². The topological polar surface area (TPSA) is 119 Å². The lowest BCUT2D eigenvalue weighted by atomic mass is 10.1. The predicted molar refractivity (Wildman–Crippen MR) is 161 cm³/mol. The van der Waals surface area contributed by atoms with Crippen LogP contribution in [0.25, 0.3) is 0 Å². The zero-order valence-corrected chi connectivity index (χ0v) is 25.9. The van der Waals surface area contributed by atoms with Crippen LogP contribution in [0.15, 0.2) is 44.9 Å². The molecule has 226 valence electrons. The molecule has 0 bridgehead atoms. The molecule has 3 aromatic rings. The van der Waals surface area contributed by atoms with Crippen molar-refractivity contribution in [3.63, 3.8) is 0 Å². The van der Waals surface area contributed by atoms with Crippen LogP contribution in [0.4, 0.5) is 19.3 Å². The SMILES string of the molecule is COc1cc2c(cc1N1CCCNC1=O)CN(C)C2.N#Cc1ccc(Cl)c(Sc2cc(C(F)(F)Cl)[nH]c(=O)c2C=O)c1Cl. The minimum absolute atomic E-state index is 0.0219. The maximum Gasteiger partial charge on any atom is 0.362 e. The van der Waals surface area contributed by atoms with Gasteiger partial charge in [0.15, 0.2) is 6.29 Å². The number of aldehydes is 1. The van der Waals surface area contributed by atoms with Crippen molar-refractivity contribution in [1.82, 2.24) is 15.2 Å². The number of carbonyl (C=O) groups excluding carboxylic acids is 2. The number of aromatic nitrogens is 1. The first-order valence-electron chi connectivity index (χ1n) is 12.7. The summed E-state index contributed by atoms with van der Waals surface area (Å²) in [6, 6.07) is 9.60. The number of nitriles is 1. The van der Waals surface area contributed by atoms with Crippen LogP contribution < -0.4 is 20.5 Å². The van der Waals surface area contributed by atoms with Crippen LogP contribution in [0.1, 0.15) is 39.2 Å². The smallest absolute Gasteiger partial charge is 0.362 e. The number of aromatic amines is 1. The molecule has 0 saturated carbocycles. The van der Waals surface area contributed by atoms with Gasteiger partial charge in [0, 0.05) is 31.1 Å². The first-order chi connectivity index (χ1) is 20.4. The molecular weight excluding hydrogens is 647 g/mol. The lowest BCUT2D eigenvalue weighted by molar-refractivity contribution is 0.0891. The van der Waals surface area contributed by atoms with Crippen molar-refractivity contribution in [2.24, 2.45) is 0 Å². The normalized spacial score (nSPS) is 14.7. The Balaban J connectivity index is 0.000000202. The maximum absolute atomic E-state index is 13.3. The number of alkyl halides is 3. The van der Waals surface area contributed by atoms with Gasteiger partial charge in [-0.25, -0.2) is 4.79 Å². The van der Waals surface area contributed by atoms with Crippen molar-refractivity contribution in [2.45, 2.75) is 34.7 Å². The second kappa shape index (κ2) is 13.5. The summed E-state index contributed by atoms with van der Waals surface area (Å²) in [6.07, 6.45) is 1.18. The fraction of sp³-hybridized carbons (Fsp3) is 0.286. The molecule has 0 aliphatic carbocycles. The van der Waals surface area contributed by atoms with Crippen LogP contribution in [0.3, 0.4) is 0 Å². The molecule has 1 saturated heterocycles. The second-order valence-electron chi connectivity index (χ2n) is 9.56. The molecule has 9 nitrogen and oxygen atoms in total. The molecule has 2 aromatic carbocycles. The van der Waals surface area contributed by atoms with Crippen molar-refractivity contribution in [2.75, 3.05) is 32.1 Å². The molecule has 43 heavy (non-hydrogen) atoms. The quantitative estimate of drug-likeness (QED) is 0.231. The van der Waals surface area contributed by atoms with Gasteiger partial charge < -0.3 is 15.0 Å². The van der Waals surface area contributed by atoms with Gasteiger partial charge in [-0.2, -0.15) is 14.0 Å². The van der Waals surface area contributed by atoms with E-state index in [0.29, 0.717) is 11.8 Å². The third kappa shape index (κ3) is 7.25. The number of anilines is 1. The van der Waals surface area contributed by atoms with E-state index < -0.39 is 16.6 Å². The largest absolute Gasteiger partial charge is 0.495 e. The van der Waals surface area contributed by atoms with Crippen LogP contribution in [0, 0.1) is 11.3 Å². The van der Waals surface area contributed by atoms with E-state index in [9.17, 15) is 23.2 Å². The number of rotatable bonds is 6. The molecule has 15 heteroatoms. The highest BCUT2D eigenvalue weighted by Gasteiger charge is 2.31. The molecule has 5 rings (SSSR count). The van der Waals surface area contributed by atoms with Gasteiger partial charge in [0.1, 0.15) is 17.5 Å². The molecule has 1 aromatic heterocycles. The Kier molecular flexibility index (Phi) is 10.2. The molecule has 0 unspecified atom stereocenters. The fourth-order valence-corrected chi connectivity index (χ4v) is 6.30. The zero-order chi connectivity index (χ0) is 31.5. The lowest BCUT2D eigenvalue weighted by Gasteiger charge is -2.29. The van der Waals surface area contributed by atoms with E-state index in [1.54, 1.807) is 12.0 Å². The summed E-state index contributed by atoms with van der Waals surface area (Å²) in [6.45, 7) is 3.38. The van der Waals surface area contributed by atoms with E-state index in [-0.39, 0.29) is 43.3 Å². The summed E-state index contributed by atoms with van der Waals surface area (Å²) in [5.74, 6) is 0.783. The van der Waals surface area contributed by atoms with Gasteiger partial charge in [0.2, 0.25) is 0 Å². The summed E-state index contributed by atoms with van der Waals surface area (Å²) in [5, 5.41) is 8.13. The average Bonchev–Trinajstić information content (AvgIpc) is 3.33. The number of benzene rings is 2. The van der Waals surface area contributed by atoms with Gasteiger partial charge in [-0.05, 0) is 66.5 Å². The molecule has 0 spiro atoms. The van der Waals surface area contributed by atoms with Gasteiger partial charge in [-0.3, -0.25) is 19.4 Å². The van der Waals surface area contributed by atoms with Crippen molar-refractivity contribution >= 4 is 64.6 Å². The van der Waals surface area contributed by atoms with Crippen LogP contribution in [0.5, 0.6) is 5.75 Å². The van der Waals surface area contributed by atoms with Crippen molar-refractivity contribution in [1.29, 1.82) is 5.26 Å². The van der Waals surface area contributed by atoms with Gasteiger partial charge in [-0.1, -0.05) is 35.0 Å². The van der Waals surface area contributed by atoms with Crippen molar-refractivity contribution in [3.8, 4) is 11.8 Å². The Hall–Kier alpha value is -3.34. The van der Waals surface area contributed by atoms with E-state index >= 15 is 0 Å². The van der Waals surface area contributed by atoms with Crippen molar-refractivity contribution < 1.29 is 23.1 Å². The number of hydrogen-bond donors (Lipinski definition) is 2. The molecule has 0 atom stereocenters. The number of pyridine rings is 1. The number of halogens is 5. The number of methoxy groups -OCH3 is 1. The van der Waals surface area contributed by atoms with E-state index in [0.717, 1.165) is 50.1 Å². The zero-order valence-electron chi connectivity index (χ0n) is 22.8. The van der Waals surface area contributed by atoms with E-state index in [1.807, 2.05) is 11.1 Å². The third-order valence-corrected chi connectivity index (χ3v) is 8.91. The minimum atomic E-state index is -3.84. The summed E-state index contributed by atoms with van der Waals surface area (Å²) in [5.41, 5.74) is 1.26. The highest BCUT2D eigenvalue weighted by Crippen LogP contribution is 2.42. The number of carbonyl (C=O) groups is 2. The van der Waals surface area contributed by atoms with Gasteiger partial charge >= 0.3 is 11.4 Å². The molecule has 2 amide bonds. The molecule has 2 aliphatic rings. The Morgan fingerprint density at radius 1 is 1.16 bits per heavy atom. The number of nitrogens with zero attached hydrogens (tertiary/aromatic N) is 3. The highest BCUT2D eigenvalue weighted by atomic mass is 35.5. The number of nitrogens with one attached hydrogen (secondary N) is 2. The Bertz CT molecular complexity index is 1680. The van der Waals surface area contributed by atoms with E-state index in [1.165, 1.54) is 23.3 Å². The van der Waals surface area contributed by atoms with Crippen molar-refractivity contribution in [3.05, 3.63) is 78.7 Å². The van der Waals surface area contributed by atoms with Crippen LogP contribution in [-0.2, 0) is 18.5 Å². The first-order valence-corrected chi connectivity index (χ1v) is 14.6. The molecule has 1 fully saturated rings. The van der Waals surface area contributed by atoms with E-state index in [4.69, 9.17) is 44.8 Å². The number of fused-ring (bicyclic) bond motifs is 1. The summed E-state index contributed by atoms with van der Waals surface area (Å²) >= 11 is 17.7. The Labute approximate surface area is 264 Å².